The van der Waals surface area contributed by atoms with Gasteiger partial charge in [0.15, 0.2) is 0 Å². The molecule has 2 aromatic carbocycles. The van der Waals surface area contributed by atoms with E-state index in [0.29, 0.717) is 22.0 Å². The summed E-state index contributed by atoms with van der Waals surface area (Å²) in [4.78, 5) is 21.9. The number of imidazole rings is 2. The fraction of sp³-hybridized carbons (Fsp3) is 0. The minimum absolute atomic E-state index is 0.229. The summed E-state index contributed by atoms with van der Waals surface area (Å²) in [5.41, 5.74) is 2.62. The number of nitrogens with one attached hydrogen (secondary N) is 2. The zero-order valence-corrected chi connectivity index (χ0v) is 12.5. The number of H-pyrrole nitrogens is 2. The summed E-state index contributed by atoms with van der Waals surface area (Å²) in [6.07, 6.45) is 1.58. The molecule has 0 aliphatic heterocycles. The molecule has 0 atom stereocenters. The predicted octanol–water partition coefficient (Wildman–Crippen LogP) is 3.07. The molecule has 0 fully saturated rings. The lowest BCUT2D eigenvalue weighted by molar-refractivity contribution is 0.457. The fourth-order valence-corrected chi connectivity index (χ4v) is 2.86. The van der Waals surface area contributed by atoms with Crippen LogP contribution in [-0.4, -0.2) is 24.6 Å². The Hall–Kier alpha value is -2.99. The third-order valence-corrected chi connectivity index (χ3v) is 4.00. The second-order valence-electron chi connectivity index (χ2n) is 5.05. The number of benzene rings is 2. The average Bonchev–Trinajstić information content (AvgIpc) is 3.11. The van der Waals surface area contributed by atoms with Crippen molar-refractivity contribution in [3.05, 3.63) is 64.3 Å². The van der Waals surface area contributed by atoms with Gasteiger partial charge < -0.3 is 10.1 Å². The third-order valence-electron chi connectivity index (χ3n) is 3.67. The van der Waals surface area contributed by atoms with Gasteiger partial charge >= 0.3 is 5.69 Å². The first-order chi connectivity index (χ1) is 11.1. The van der Waals surface area contributed by atoms with Crippen molar-refractivity contribution in [2.45, 2.75) is 0 Å². The van der Waals surface area contributed by atoms with E-state index in [1.54, 1.807) is 48.8 Å². The van der Waals surface area contributed by atoms with Crippen molar-refractivity contribution in [3.63, 3.8) is 0 Å². The van der Waals surface area contributed by atoms with E-state index in [1.165, 1.54) is 4.57 Å². The largest absolute Gasteiger partial charge is 0.493 e. The van der Waals surface area contributed by atoms with E-state index in [2.05, 4.69) is 15.0 Å². The van der Waals surface area contributed by atoms with Crippen LogP contribution >= 0.6 is 11.6 Å². The van der Waals surface area contributed by atoms with Gasteiger partial charge in [0.2, 0.25) is 5.88 Å². The molecular formula is C16H11ClN4O2. The monoisotopic (exact) mass is 326 g/mol. The molecule has 0 unspecified atom stereocenters. The van der Waals surface area contributed by atoms with Crippen molar-refractivity contribution >= 4 is 22.6 Å². The first-order valence-corrected chi connectivity index (χ1v) is 7.25. The number of aromatic amines is 2. The highest BCUT2D eigenvalue weighted by molar-refractivity contribution is 6.33. The molecule has 0 spiro atoms. The van der Waals surface area contributed by atoms with Gasteiger partial charge in [0.05, 0.1) is 28.1 Å². The zero-order valence-electron chi connectivity index (χ0n) is 11.7. The standard InChI is InChI=1S/C16H11ClN4O2/c17-11-4-2-1-3-10(11)14-15(22)20-16(23)21(14)9-5-6-12-13(7-9)19-8-18-12/h1-8,22H,(H,18,19)(H,20,23). The Balaban J connectivity index is 2.02. The normalized spacial score (nSPS) is 11.2. The highest BCUT2D eigenvalue weighted by Crippen LogP contribution is 2.34. The van der Waals surface area contributed by atoms with E-state index in [9.17, 15) is 9.90 Å². The van der Waals surface area contributed by atoms with Gasteiger partial charge in [0.25, 0.3) is 0 Å². The maximum atomic E-state index is 12.3. The summed E-state index contributed by atoms with van der Waals surface area (Å²) in [5.74, 6) is -0.229. The van der Waals surface area contributed by atoms with Gasteiger partial charge in [-0.3, -0.25) is 9.55 Å². The summed E-state index contributed by atoms with van der Waals surface area (Å²) < 4.78 is 1.39. The van der Waals surface area contributed by atoms with Crippen LogP contribution in [0.1, 0.15) is 0 Å². The zero-order chi connectivity index (χ0) is 16.0. The topological polar surface area (TPSA) is 86.7 Å². The number of halogens is 1. The van der Waals surface area contributed by atoms with Crippen LogP contribution in [0, 0.1) is 0 Å². The lowest BCUT2D eigenvalue weighted by atomic mass is 10.1. The average molecular weight is 327 g/mol. The van der Waals surface area contributed by atoms with Crippen molar-refractivity contribution in [2.24, 2.45) is 0 Å². The quantitative estimate of drug-likeness (QED) is 0.529. The Labute approximate surface area is 135 Å². The number of rotatable bonds is 2. The molecule has 0 saturated heterocycles. The molecule has 4 aromatic rings. The van der Waals surface area contributed by atoms with Crippen LogP contribution in [0.3, 0.4) is 0 Å². The number of aromatic nitrogens is 4. The summed E-state index contributed by atoms with van der Waals surface area (Å²) in [6.45, 7) is 0. The molecule has 2 heterocycles. The van der Waals surface area contributed by atoms with Crippen molar-refractivity contribution in [1.82, 2.24) is 19.5 Å². The lowest BCUT2D eigenvalue weighted by Crippen LogP contribution is -2.15. The predicted molar refractivity (Wildman–Crippen MR) is 88.2 cm³/mol. The molecule has 0 aliphatic rings. The van der Waals surface area contributed by atoms with Crippen LogP contribution in [-0.2, 0) is 0 Å². The molecule has 0 bridgehead atoms. The Morgan fingerprint density at radius 3 is 2.83 bits per heavy atom. The highest BCUT2D eigenvalue weighted by atomic mass is 35.5. The molecule has 0 saturated carbocycles. The molecule has 6 nitrogen and oxygen atoms in total. The molecule has 23 heavy (non-hydrogen) atoms. The van der Waals surface area contributed by atoms with Gasteiger partial charge in [0.1, 0.15) is 5.69 Å². The Bertz CT molecular complexity index is 1080. The van der Waals surface area contributed by atoms with E-state index in [-0.39, 0.29) is 5.88 Å². The summed E-state index contributed by atoms with van der Waals surface area (Å²) in [7, 11) is 0. The number of aromatic hydroxyl groups is 1. The second kappa shape index (κ2) is 5.03. The summed E-state index contributed by atoms with van der Waals surface area (Å²) in [5, 5.41) is 10.6. The van der Waals surface area contributed by atoms with Crippen LogP contribution in [0.25, 0.3) is 28.0 Å². The molecule has 4 rings (SSSR count). The summed E-state index contributed by atoms with van der Waals surface area (Å²) >= 11 is 6.22. The fourth-order valence-electron chi connectivity index (χ4n) is 2.63. The Morgan fingerprint density at radius 1 is 1.17 bits per heavy atom. The minimum Gasteiger partial charge on any atom is -0.493 e. The van der Waals surface area contributed by atoms with Gasteiger partial charge in [-0.1, -0.05) is 29.8 Å². The Morgan fingerprint density at radius 2 is 2.00 bits per heavy atom. The van der Waals surface area contributed by atoms with E-state index < -0.39 is 5.69 Å². The minimum atomic E-state index is -0.448. The van der Waals surface area contributed by atoms with Crippen molar-refractivity contribution in [2.75, 3.05) is 0 Å². The number of hydrogen-bond donors (Lipinski definition) is 3. The van der Waals surface area contributed by atoms with Gasteiger partial charge in [-0.05, 0) is 24.3 Å². The maximum Gasteiger partial charge on any atom is 0.333 e. The van der Waals surface area contributed by atoms with Crippen LogP contribution < -0.4 is 5.69 Å². The van der Waals surface area contributed by atoms with Crippen LogP contribution in [0.2, 0.25) is 5.02 Å². The SMILES string of the molecule is O=c1[nH]c(O)c(-c2ccccc2Cl)n1-c1ccc2nc[nH]c2c1. The first-order valence-electron chi connectivity index (χ1n) is 6.87. The molecule has 2 aromatic heterocycles. The molecular weight excluding hydrogens is 316 g/mol. The number of nitrogens with zero attached hydrogens (tertiary/aromatic N) is 2. The molecule has 0 aliphatic carbocycles. The Kier molecular flexibility index (Phi) is 2.99. The number of hydrogen-bond acceptors (Lipinski definition) is 3. The first kappa shape index (κ1) is 13.7. The van der Waals surface area contributed by atoms with Crippen LogP contribution in [0.4, 0.5) is 0 Å². The highest BCUT2D eigenvalue weighted by Gasteiger charge is 2.19. The van der Waals surface area contributed by atoms with Gasteiger partial charge in [0, 0.05) is 5.56 Å². The van der Waals surface area contributed by atoms with Gasteiger partial charge in [-0.2, -0.15) is 0 Å². The van der Waals surface area contributed by atoms with Crippen molar-refractivity contribution < 1.29 is 5.11 Å². The molecule has 0 radical (unpaired) electrons. The van der Waals surface area contributed by atoms with Gasteiger partial charge in [-0.15, -0.1) is 0 Å². The molecule has 7 heteroatoms. The lowest BCUT2D eigenvalue weighted by Gasteiger charge is -2.09. The summed E-state index contributed by atoms with van der Waals surface area (Å²) in [6, 6.07) is 12.4. The van der Waals surface area contributed by atoms with E-state index in [0.717, 1.165) is 11.0 Å². The maximum absolute atomic E-state index is 12.3. The van der Waals surface area contributed by atoms with E-state index >= 15 is 0 Å². The smallest absolute Gasteiger partial charge is 0.333 e. The molecule has 3 N–H and O–H groups in total. The van der Waals surface area contributed by atoms with E-state index in [4.69, 9.17) is 11.6 Å². The van der Waals surface area contributed by atoms with E-state index in [1.807, 2.05) is 0 Å². The number of fused-ring (bicyclic) bond motifs is 1. The van der Waals surface area contributed by atoms with Crippen molar-refractivity contribution in [1.29, 1.82) is 0 Å². The molecule has 114 valence electrons. The van der Waals surface area contributed by atoms with Crippen LogP contribution in [0.15, 0.2) is 53.6 Å². The molecule has 0 amide bonds. The third kappa shape index (κ3) is 2.11. The van der Waals surface area contributed by atoms with Crippen LogP contribution in [0.5, 0.6) is 5.88 Å². The van der Waals surface area contributed by atoms with Crippen molar-refractivity contribution in [3.8, 4) is 22.8 Å². The van der Waals surface area contributed by atoms with Gasteiger partial charge in [-0.25, -0.2) is 9.78 Å². The second-order valence-corrected chi connectivity index (χ2v) is 5.45.